The average molecular weight is 184 g/mol. The van der Waals surface area contributed by atoms with E-state index in [0.717, 1.165) is 6.29 Å². The van der Waals surface area contributed by atoms with Crippen molar-refractivity contribution in [3.8, 4) is 0 Å². The van der Waals surface area contributed by atoms with Crippen molar-refractivity contribution in [1.29, 1.82) is 0 Å². The van der Waals surface area contributed by atoms with Crippen LogP contribution in [-0.2, 0) is 0 Å². The lowest BCUT2D eigenvalue weighted by atomic mass is 10.3. The first-order valence-corrected chi connectivity index (χ1v) is 3.15. The topological polar surface area (TPSA) is 47.3 Å². The minimum Gasteiger partial charge on any atom is -0.298 e. The molecule has 0 N–H and O–H groups in total. The predicted octanol–water partition coefficient (Wildman–Crippen LogP) is 0.964. The van der Waals surface area contributed by atoms with Crippen LogP contribution in [0.4, 0.5) is 0 Å². The number of hydrogen-bond acceptors (Lipinski definition) is 3. The van der Waals surface area contributed by atoms with Crippen molar-refractivity contribution in [2.75, 3.05) is 0 Å². The molecule has 5 heteroatoms. The Morgan fingerprint density at radius 3 is 3.08 bits per heavy atom. The lowest BCUT2D eigenvalue weighted by molar-refractivity contribution is 0.112. The summed E-state index contributed by atoms with van der Waals surface area (Å²) in [4.78, 5) is 14.2. The molecule has 0 fully saturated rings. The molecule has 2 aromatic heterocycles. The Kier molecular flexibility index (Phi) is 2.40. The van der Waals surface area contributed by atoms with Gasteiger partial charge in [0, 0.05) is 11.8 Å². The van der Waals surface area contributed by atoms with E-state index in [9.17, 15) is 4.79 Å². The summed E-state index contributed by atoms with van der Waals surface area (Å²) in [5, 5.41) is 3.88. The Morgan fingerprint density at radius 2 is 2.33 bits per heavy atom. The highest BCUT2D eigenvalue weighted by Crippen LogP contribution is 2.00. The van der Waals surface area contributed by atoms with E-state index in [0.29, 0.717) is 11.2 Å². The smallest absolute Gasteiger partial charge is 0.155 e. The van der Waals surface area contributed by atoms with E-state index in [1.165, 1.54) is 6.33 Å². The molecule has 2 rings (SSSR count). The van der Waals surface area contributed by atoms with Crippen LogP contribution in [0.1, 0.15) is 10.4 Å². The van der Waals surface area contributed by atoms with Gasteiger partial charge in [0.25, 0.3) is 0 Å². The van der Waals surface area contributed by atoms with Gasteiger partial charge in [-0.25, -0.2) is 9.50 Å². The minimum absolute atomic E-state index is 0. The Balaban J connectivity index is 0.000000720. The summed E-state index contributed by atoms with van der Waals surface area (Å²) in [6, 6.07) is 3.37. The van der Waals surface area contributed by atoms with Gasteiger partial charge in [0.1, 0.15) is 12.6 Å². The van der Waals surface area contributed by atoms with Gasteiger partial charge in [-0.15, -0.1) is 12.4 Å². The highest BCUT2D eigenvalue weighted by Gasteiger charge is 1.94. The second kappa shape index (κ2) is 3.32. The monoisotopic (exact) mass is 183 g/mol. The van der Waals surface area contributed by atoms with Gasteiger partial charge in [0.15, 0.2) is 5.65 Å². The fraction of sp³-hybridized carbons (Fsp3) is 0. The molecule has 0 saturated carbocycles. The molecule has 0 aromatic carbocycles. The summed E-state index contributed by atoms with van der Waals surface area (Å²) < 4.78 is 1.60. The minimum atomic E-state index is 0. The van der Waals surface area contributed by atoms with Crippen molar-refractivity contribution >= 4 is 24.3 Å². The van der Waals surface area contributed by atoms with Gasteiger partial charge in [-0.05, 0) is 12.1 Å². The second-order valence-corrected chi connectivity index (χ2v) is 2.14. The van der Waals surface area contributed by atoms with Crippen LogP contribution in [0, 0.1) is 0 Å². The maximum absolute atomic E-state index is 10.3. The Labute approximate surface area is 74.6 Å². The number of fused-ring (bicyclic) bond motifs is 1. The summed E-state index contributed by atoms with van der Waals surface area (Å²) in [5.74, 6) is 0. The summed E-state index contributed by atoms with van der Waals surface area (Å²) >= 11 is 0. The molecule has 0 amide bonds. The zero-order valence-corrected chi connectivity index (χ0v) is 6.86. The van der Waals surface area contributed by atoms with Crippen molar-refractivity contribution in [2.24, 2.45) is 0 Å². The summed E-state index contributed by atoms with van der Waals surface area (Å²) in [7, 11) is 0. The number of hydrogen-bond donors (Lipinski definition) is 0. The summed E-state index contributed by atoms with van der Waals surface area (Å²) in [6.07, 6.45) is 3.94. The van der Waals surface area contributed by atoms with Gasteiger partial charge in [-0.3, -0.25) is 4.79 Å². The molecule has 4 nitrogen and oxygen atoms in total. The van der Waals surface area contributed by atoms with Crippen LogP contribution in [-0.4, -0.2) is 20.9 Å². The van der Waals surface area contributed by atoms with Crippen LogP contribution in [0.3, 0.4) is 0 Å². The van der Waals surface area contributed by atoms with E-state index in [1.54, 1.807) is 22.8 Å². The summed E-state index contributed by atoms with van der Waals surface area (Å²) in [5.41, 5.74) is 1.31. The van der Waals surface area contributed by atoms with Crippen molar-refractivity contribution in [2.45, 2.75) is 0 Å². The number of carbonyl (C=O) groups excluding carboxylic acids is 1. The van der Waals surface area contributed by atoms with Crippen LogP contribution in [0.2, 0.25) is 0 Å². The largest absolute Gasteiger partial charge is 0.298 e. The molecule has 0 unspecified atom stereocenters. The third-order valence-corrected chi connectivity index (χ3v) is 1.44. The van der Waals surface area contributed by atoms with Gasteiger partial charge in [-0.1, -0.05) is 0 Å². The van der Waals surface area contributed by atoms with Crippen LogP contribution >= 0.6 is 12.4 Å². The first kappa shape index (κ1) is 8.67. The van der Waals surface area contributed by atoms with Gasteiger partial charge < -0.3 is 0 Å². The fourth-order valence-corrected chi connectivity index (χ4v) is 0.904. The molecule has 0 bridgehead atoms. The highest BCUT2D eigenvalue weighted by atomic mass is 35.5. The Morgan fingerprint density at radius 1 is 1.50 bits per heavy atom. The first-order chi connectivity index (χ1) is 5.40. The van der Waals surface area contributed by atoms with Crippen molar-refractivity contribution in [3.63, 3.8) is 0 Å². The zero-order chi connectivity index (χ0) is 7.68. The van der Waals surface area contributed by atoms with Gasteiger partial charge in [0.05, 0.1) is 0 Å². The predicted molar refractivity (Wildman–Crippen MR) is 45.6 cm³/mol. The number of pyridine rings is 1. The molecule has 0 saturated heterocycles. The molecule has 12 heavy (non-hydrogen) atoms. The molecule has 62 valence electrons. The van der Waals surface area contributed by atoms with Crippen LogP contribution < -0.4 is 0 Å². The summed E-state index contributed by atoms with van der Waals surface area (Å²) in [6.45, 7) is 0. The number of nitrogens with zero attached hydrogens (tertiary/aromatic N) is 3. The molecule has 0 aliphatic heterocycles. The third-order valence-electron chi connectivity index (χ3n) is 1.44. The Hall–Kier alpha value is -1.42. The molecule has 2 heterocycles. The fourth-order valence-electron chi connectivity index (χ4n) is 0.904. The standard InChI is InChI=1S/C7H5N3O.ClH/c11-4-6-1-2-10-7(3-6)8-5-9-10;/h1-5H;1H. The number of carbonyl (C=O) groups is 1. The normalized spacial score (nSPS) is 9.33. The number of aldehydes is 1. The van der Waals surface area contributed by atoms with Crippen molar-refractivity contribution in [3.05, 3.63) is 30.2 Å². The van der Waals surface area contributed by atoms with Gasteiger partial charge in [-0.2, -0.15) is 5.10 Å². The van der Waals surface area contributed by atoms with E-state index < -0.39 is 0 Å². The average Bonchev–Trinajstić information content (AvgIpc) is 2.50. The maximum atomic E-state index is 10.3. The number of aromatic nitrogens is 3. The van der Waals surface area contributed by atoms with Crippen LogP contribution in [0.25, 0.3) is 5.65 Å². The molecule has 0 radical (unpaired) electrons. The highest BCUT2D eigenvalue weighted by molar-refractivity contribution is 5.85. The molecule has 0 aliphatic rings. The van der Waals surface area contributed by atoms with Crippen LogP contribution in [0.5, 0.6) is 0 Å². The SMILES string of the molecule is Cl.O=Cc1ccn2ncnc2c1. The molecule has 2 aromatic rings. The lowest BCUT2D eigenvalue weighted by Gasteiger charge is -1.90. The first-order valence-electron chi connectivity index (χ1n) is 3.15. The van der Waals surface area contributed by atoms with E-state index in [2.05, 4.69) is 10.1 Å². The van der Waals surface area contributed by atoms with E-state index in [1.807, 2.05) is 0 Å². The third kappa shape index (κ3) is 1.29. The van der Waals surface area contributed by atoms with E-state index in [-0.39, 0.29) is 12.4 Å². The van der Waals surface area contributed by atoms with E-state index in [4.69, 9.17) is 0 Å². The van der Waals surface area contributed by atoms with Gasteiger partial charge >= 0.3 is 0 Å². The zero-order valence-electron chi connectivity index (χ0n) is 6.04. The quantitative estimate of drug-likeness (QED) is 0.619. The van der Waals surface area contributed by atoms with E-state index >= 15 is 0 Å². The van der Waals surface area contributed by atoms with Crippen LogP contribution in [0.15, 0.2) is 24.7 Å². The Bertz CT molecular complexity index is 398. The van der Waals surface area contributed by atoms with Crippen molar-refractivity contribution < 1.29 is 4.79 Å². The van der Waals surface area contributed by atoms with Gasteiger partial charge in [0.2, 0.25) is 0 Å². The number of halogens is 1. The molecule has 0 aliphatic carbocycles. The lowest BCUT2D eigenvalue weighted by Crippen LogP contribution is -1.88. The maximum Gasteiger partial charge on any atom is 0.155 e. The number of rotatable bonds is 1. The molecular formula is C7H6ClN3O. The second-order valence-electron chi connectivity index (χ2n) is 2.14. The molecule has 0 atom stereocenters. The van der Waals surface area contributed by atoms with Crippen molar-refractivity contribution in [1.82, 2.24) is 14.6 Å². The molecule has 0 spiro atoms. The molecular weight excluding hydrogens is 178 g/mol.